The molecule has 1 saturated heterocycles. The second-order valence-electron chi connectivity index (χ2n) is 8.08. The maximum absolute atomic E-state index is 12.7. The summed E-state index contributed by atoms with van der Waals surface area (Å²) in [5.41, 5.74) is 8.04. The van der Waals surface area contributed by atoms with Gasteiger partial charge in [0.15, 0.2) is 0 Å². The molecule has 154 valence electrons. The summed E-state index contributed by atoms with van der Waals surface area (Å²) in [5.74, 6) is -0.320. The summed E-state index contributed by atoms with van der Waals surface area (Å²) in [7, 11) is 0. The van der Waals surface area contributed by atoms with Crippen molar-refractivity contribution >= 4 is 29.9 Å². The average Bonchev–Trinajstić information content (AvgIpc) is 3.25. The molecule has 2 aliphatic heterocycles. The molecule has 0 radical (unpaired) electrons. The molecule has 0 bridgehead atoms. The SMILES string of the molecule is Cc1cc(C)c(N2CC(C(=O)NCc3ccc4c(c3)CNC4)CC2=O)c(C)c1.Cl. The van der Waals surface area contributed by atoms with Crippen LogP contribution in [0, 0.1) is 26.7 Å². The zero-order valence-corrected chi connectivity index (χ0v) is 18.0. The number of aryl methyl sites for hydroxylation is 3. The highest BCUT2D eigenvalue weighted by molar-refractivity contribution is 6.01. The van der Waals surface area contributed by atoms with Crippen LogP contribution in [-0.4, -0.2) is 18.4 Å². The van der Waals surface area contributed by atoms with E-state index in [4.69, 9.17) is 0 Å². The molecule has 5 nitrogen and oxygen atoms in total. The lowest BCUT2D eigenvalue weighted by Gasteiger charge is -2.22. The second kappa shape index (κ2) is 8.56. The molecular formula is C23H28ClN3O2. The molecule has 2 aromatic carbocycles. The van der Waals surface area contributed by atoms with Crippen LogP contribution in [0.25, 0.3) is 0 Å². The second-order valence-corrected chi connectivity index (χ2v) is 8.08. The molecule has 1 unspecified atom stereocenters. The minimum atomic E-state index is -0.302. The lowest BCUT2D eigenvalue weighted by atomic mass is 10.0. The van der Waals surface area contributed by atoms with Crippen molar-refractivity contribution in [3.05, 3.63) is 63.7 Å². The molecule has 6 heteroatoms. The van der Waals surface area contributed by atoms with Crippen molar-refractivity contribution in [2.75, 3.05) is 11.4 Å². The van der Waals surface area contributed by atoms with E-state index in [2.05, 4.69) is 47.9 Å². The fourth-order valence-electron chi connectivity index (χ4n) is 4.49. The predicted molar refractivity (Wildman–Crippen MR) is 117 cm³/mol. The lowest BCUT2D eigenvalue weighted by molar-refractivity contribution is -0.126. The highest BCUT2D eigenvalue weighted by atomic mass is 35.5. The van der Waals surface area contributed by atoms with Gasteiger partial charge in [-0.3, -0.25) is 9.59 Å². The van der Waals surface area contributed by atoms with Crippen LogP contribution in [0.3, 0.4) is 0 Å². The minimum Gasteiger partial charge on any atom is -0.352 e. The van der Waals surface area contributed by atoms with E-state index in [0.29, 0.717) is 13.1 Å². The van der Waals surface area contributed by atoms with Crippen LogP contribution in [0.1, 0.15) is 39.8 Å². The van der Waals surface area contributed by atoms with Gasteiger partial charge in [0.05, 0.1) is 5.92 Å². The Morgan fingerprint density at radius 1 is 1.10 bits per heavy atom. The fraction of sp³-hybridized carbons (Fsp3) is 0.391. The van der Waals surface area contributed by atoms with Crippen LogP contribution >= 0.6 is 12.4 Å². The third-order valence-corrected chi connectivity index (χ3v) is 5.77. The maximum atomic E-state index is 12.7. The number of nitrogens with one attached hydrogen (secondary N) is 2. The monoisotopic (exact) mass is 413 g/mol. The summed E-state index contributed by atoms with van der Waals surface area (Å²) in [4.78, 5) is 27.1. The van der Waals surface area contributed by atoms with Crippen molar-refractivity contribution in [2.24, 2.45) is 5.92 Å². The summed E-state index contributed by atoms with van der Waals surface area (Å²) in [5, 5.41) is 6.36. The molecule has 0 spiro atoms. The highest BCUT2D eigenvalue weighted by Crippen LogP contribution is 2.32. The molecule has 0 aliphatic carbocycles. The first-order chi connectivity index (χ1) is 13.4. The van der Waals surface area contributed by atoms with Crippen molar-refractivity contribution in [3.8, 4) is 0 Å². The van der Waals surface area contributed by atoms with Crippen LogP contribution in [0.15, 0.2) is 30.3 Å². The van der Waals surface area contributed by atoms with Gasteiger partial charge in [0.25, 0.3) is 0 Å². The van der Waals surface area contributed by atoms with E-state index in [1.807, 2.05) is 13.8 Å². The molecule has 1 fully saturated rings. The largest absolute Gasteiger partial charge is 0.352 e. The number of benzene rings is 2. The van der Waals surface area contributed by atoms with Crippen LogP contribution in [-0.2, 0) is 29.2 Å². The third kappa shape index (κ3) is 4.31. The van der Waals surface area contributed by atoms with Crippen LogP contribution in [0.2, 0.25) is 0 Å². The van der Waals surface area contributed by atoms with Crippen LogP contribution < -0.4 is 15.5 Å². The molecule has 2 heterocycles. The van der Waals surface area contributed by atoms with E-state index in [9.17, 15) is 9.59 Å². The number of hydrogen-bond acceptors (Lipinski definition) is 3. The number of rotatable bonds is 4. The number of carbonyl (C=O) groups is 2. The topological polar surface area (TPSA) is 61.4 Å². The Morgan fingerprint density at radius 2 is 1.79 bits per heavy atom. The van der Waals surface area contributed by atoms with Gasteiger partial charge in [-0.15, -0.1) is 12.4 Å². The molecule has 0 aromatic heterocycles. The molecule has 29 heavy (non-hydrogen) atoms. The van der Waals surface area contributed by atoms with E-state index in [1.54, 1.807) is 4.90 Å². The zero-order valence-electron chi connectivity index (χ0n) is 17.2. The first-order valence-electron chi connectivity index (χ1n) is 9.89. The Morgan fingerprint density at radius 3 is 2.52 bits per heavy atom. The Labute approximate surface area is 178 Å². The number of nitrogens with zero attached hydrogens (tertiary/aromatic N) is 1. The molecule has 2 aromatic rings. The molecule has 1 atom stereocenters. The van der Waals surface area contributed by atoms with Crippen molar-refractivity contribution < 1.29 is 9.59 Å². The molecule has 2 N–H and O–H groups in total. The Balaban J connectivity index is 0.00000240. The number of anilines is 1. The maximum Gasteiger partial charge on any atom is 0.227 e. The average molecular weight is 414 g/mol. The zero-order chi connectivity index (χ0) is 19.8. The normalized spacial score (nSPS) is 17.8. The van der Waals surface area contributed by atoms with Crippen LogP contribution in [0.4, 0.5) is 5.69 Å². The van der Waals surface area contributed by atoms with Gasteiger partial charge in [-0.1, -0.05) is 35.9 Å². The van der Waals surface area contributed by atoms with Gasteiger partial charge in [-0.25, -0.2) is 0 Å². The quantitative estimate of drug-likeness (QED) is 0.808. The Hall–Kier alpha value is -2.37. The van der Waals surface area contributed by atoms with E-state index in [-0.39, 0.29) is 36.6 Å². The van der Waals surface area contributed by atoms with E-state index < -0.39 is 0 Å². The predicted octanol–water partition coefficient (Wildman–Crippen LogP) is 3.31. The number of hydrogen-bond donors (Lipinski definition) is 2. The van der Waals surface area contributed by atoms with E-state index >= 15 is 0 Å². The number of fused-ring (bicyclic) bond motifs is 1. The summed E-state index contributed by atoms with van der Waals surface area (Å²) in [6.45, 7) is 8.86. The summed E-state index contributed by atoms with van der Waals surface area (Å²) in [6.07, 6.45) is 0.271. The molecule has 4 rings (SSSR count). The lowest BCUT2D eigenvalue weighted by Crippen LogP contribution is -2.33. The Kier molecular flexibility index (Phi) is 6.30. The summed E-state index contributed by atoms with van der Waals surface area (Å²) >= 11 is 0. The van der Waals surface area contributed by atoms with Gasteiger partial charge in [0.1, 0.15) is 0 Å². The van der Waals surface area contributed by atoms with Gasteiger partial charge in [0.2, 0.25) is 11.8 Å². The highest BCUT2D eigenvalue weighted by Gasteiger charge is 2.36. The van der Waals surface area contributed by atoms with Crippen molar-refractivity contribution in [1.82, 2.24) is 10.6 Å². The van der Waals surface area contributed by atoms with E-state index in [0.717, 1.165) is 35.5 Å². The first-order valence-corrected chi connectivity index (χ1v) is 9.89. The van der Waals surface area contributed by atoms with E-state index in [1.165, 1.54) is 16.7 Å². The smallest absolute Gasteiger partial charge is 0.227 e. The van der Waals surface area contributed by atoms with Gasteiger partial charge >= 0.3 is 0 Å². The first kappa shape index (κ1) is 21.3. The molecule has 2 amide bonds. The van der Waals surface area contributed by atoms with Gasteiger partial charge in [-0.05, 0) is 48.6 Å². The molecular weight excluding hydrogens is 386 g/mol. The molecule has 0 saturated carbocycles. The van der Waals surface area contributed by atoms with Gasteiger partial charge < -0.3 is 15.5 Å². The van der Waals surface area contributed by atoms with Crippen molar-refractivity contribution in [1.29, 1.82) is 0 Å². The summed E-state index contributed by atoms with van der Waals surface area (Å²) in [6, 6.07) is 10.5. The van der Waals surface area contributed by atoms with Gasteiger partial charge in [0, 0.05) is 38.3 Å². The van der Waals surface area contributed by atoms with Crippen molar-refractivity contribution in [3.63, 3.8) is 0 Å². The molecule has 2 aliphatic rings. The standard InChI is InChI=1S/C23H27N3O2.ClH/c1-14-6-15(2)22(16(3)7-14)26-13-20(9-21(26)27)23(28)25-10-17-4-5-18-11-24-12-19(18)8-17;/h4-8,20,24H,9-13H2,1-3H3,(H,25,28);1H. The Bertz CT molecular complexity index is 934. The van der Waals surface area contributed by atoms with Gasteiger partial charge in [-0.2, -0.15) is 0 Å². The number of carbonyl (C=O) groups excluding carboxylic acids is 2. The minimum absolute atomic E-state index is 0. The number of halogens is 1. The fourth-order valence-corrected chi connectivity index (χ4v) is 4.49. The number of amides is 2. The van der Waals surface area contributed by atoms with Crippen LogP contribution in [0.5, 0.6) is 0 Å². The summed E-state index contributed by atoms with van der Waals surface area (Å²) < 4.78 is 0. The van der Waals surface area contributed by atoms with Crippen molar-refractivity contribution in [2.45, 2.75) is 46.8 Å². The third-order valence-electron chi connectivity index (χ3n) is 5.77.